The Morgan fingerprint density at radius 2 is 1.87 bits per heavy atom. The molecule has 2 atom stereocenters. The molecule has 2 heterocycles. The SMILES string of the molecule is COc1cc2c(cc1S(=O)(=O)c1ccccc1)[C@@H](N1CCCCC1=O)[C@H](O)C(C)(C)O2. The minimum Gasteiger partial charge on any atom is -0.495 e. The number of hydrogen-bond acceptors (Lipinski definition) is 6. The molecule has 2 aromatic rings. The first-order chi connectivity index (χ1) is 14.7. The highest BCUT2D eigenvalue weighted by molar-refractivity contribution is 7.91. The van der Waals surface area contributed by atoms with Gasteiger partial charge in [0.1, 0.15) is 28.1 Å². The van der Waals surface area contributed by atoms with E-state index in [9.17, 15) is 18.3 Å². The average molecular weight is 446 g/mol. The Balaban J connectivity index is 1.92. The van der Waals surface area contributed by atoms with E-state index in [1.54, 1.807) is 43.0 Å². The second-order valence-electron chi connectivity index (χ2n) is 8.50. The molecule has 2 aliphatic heterocycles. The van der Waals surface area contributed by atoms with Crippen molar-refractivity contribution in [2.45, 2.75) is 60.6 Å². The van der Waals surface area contributed by atoms with Crippen molar-refractivity contribution in [3.63, 3.8) is 0 Å². The lowest BCUT2D eigenvalue weighted by molar-refractivity contribution is -0.147. The lowest BCUT2D eigenvalue weighted by Gasteiger charge is -2.47. The maximum atomic E-state index is 13.4. The zero-order valence-electron chi connectivity index (χ0n) is 17.9. The molecule has 1 amide bonds. The van der Waals surface area contributed by atoms with E-state index in [2.05, 4.69) is 0 Å². The van der Waals surface area contributed by atoms with Gasteiger partial charge in [0.25, 0.3) is 0 Å². The van der Waals surface area contributed by atoms with E-state index in [0.29, 0.717) is 24.3 Å². The first-order valence-corrected chi connectivity index (χ1v) is 11.8. The van der Waals surface area contributed by atoms with Crippen molar-refractivity contribution >= 4 is 15.7 Å². The van der Waals surface area contributed by atoms with Crippen molar-refractivity contribution in [2.75, 3.05) is 13.7 Å². The van der Waals surface area contributed by atoms with Gasteiger partial charge in [0.2, 0.25) is 15.7 Å². The standard InChI is InChI=1S/C23H27NO6S/c1-23(2)22(26)21(24-12-8-7-11-20(24)25)16-13-19(18(29-3)14-17(16)30-23)31(27,28)15-9-5-4-6-10-15/h4-6,9-10,13-14,21-22,26H,7-8,11-12H2,1-3H3/t21-,22+/m1/s1. The topological polar surface area (TPSA) is 93.1 Å². The number of ether oxygens (including phenoxy) is 2. The minimum absolute atomic E-state index is 0.0232. The van der Waals surface area contributed by atoms with Gasteiger partial charge in [-0.3, -0.25) is 4.79 Å². The third-order valence-electron chi connectivity index (χ3n) is 6.04. The fourth-order valence-electron chi connectivity index (χ4n) is 4.33. The molecule has 0 aromatic heterocycles. The van der Waals surface area contributed by atoms with E-state index >= 15 is 0 Å². The number of benzene rings is 2. The molecule has 0 unspecified atom stereocenters. The summed E-state index contributed by atoms with van der Waals surface area (Å²) in [6, 6.07) is 10.4. The maximum absolute atomic E-state index is 13.4. The van der Waals surface area contributed by atoms with Crippen molar-refractivity contribution in [3.8, 4) is 11.5 Å². The summed E-state index contributed by atoms with van der Waals surface area (Å²) < 4.78 is 38.2. The van der Waals surface area contributed by atoms with Gasteiger partial charge in [-0.25, -0.2) is 8.42 Å². The minimum atomic E-state index is -3.89. The van der Waals surface area contributed by atoms with Crippen molar-refractivity contribution < 1.29 is 27.8 Å². The predicted octanol–water partition coefficient (Wildman–Crippen LogP) is 3.11. The van der Waals surface area contributed by atoms with Gasteiger partial charge in [-0.05, 0) is 44.9 Å². The van der Waals surface area contributed by atoms with Crippen LogP contribution in [0.15, 0.2) is 52.3 Å². The van der Waals surface area contributed by atoms with Crippen LogP contribution in [0.1, 0.15) is 44.7 Å². The second-order valence-corrected chi connectivity index (χ2v) is 10.4. The monoisotopic (exact) mass is 445 g/mol. The molecule has 8 heteroatoms. The molecule has 0 spiro atoms. The largest absolute Gasteiger partial charge is 0.495 e. The molecule has 7 nitrogen and oxygen atoms in total. The van der Waals surface area contributed by atoms with E-state index in [0.717, 1.165) is 12.8 Å². The number of hydrogen-bond donors (Lipinski definition) is 1. The quantitative estimate of drug-likeness (QED) is 0.777. The fourth-order valence-corrected chi connectivity index (χ4v) is 5.78. The number of likely N-dealkylation sites (tertiary alicyclic amines) is 1. The first kappa shape index (κ1) is 21.6. The van der Waals surface area contributed by atoms with Crippen LogP contribution >= 0.6 is 0 Å². The zero-order valence-corrected chi connectivity index (χ0v) is 18.7. The average Bonchev–Trinajstić information content (AvgIpc) is 2.75. The number of fused-ring (bicyclic) bond motifs is 1. The van der Waals surface area contributed by atoms with Crippen molar-refractivity contribution in [1.29, 1.82) is 0 Å². The highest BCUT2D eigenvalue weighted by Crippen LogP contribution is 2.47. The lowest BCUT2D eigenvalue weighted by Crippen LogP contribution is -2.55. The maximum Gasteiger partial charge on any atom is 0.223 e. The summed E-state index contributed by atoms with van der Waals surface area (Å²) in [6.07, 6.45) is 1.02. The molecule has 1 N–H and O–H groups in total. The first-order valence-electron chi connectivity index (χ1n) is 10.4. The summed E-state index contributed by atoms with van der Waals surface area (Å²) in [6.45, 7) is 4.01. The number of methoxy groups -OCH3 is 1. The fraction of sp³-hybridized carbons (Fsp3) is 0.435. The lowest BCUT2D eigenvalue weighted by atomic mass is 9.84. The third-order valence-corrected chi connectivity index (χ3v) is 7.83. The van der Waals surface area contributed by atoms with E-state index < -0.39 is 27.6 Å². The Bertz CT molecular complexity index is 1100. The van der Waals surface area contributed by atoms with Gasteiger partial charge in [0.05, 0.1) is 18.0 Å². The van der Waals surface area contributed by atoms with Crippen LogP contribution in [-0.4, -0.2) is 49.7 Å². The van der Waals surface area contributed by atoms with Gasteiger partial charge in [0, 0.05) is 24.6 Å². The van der Waals surface area contributed by atoms with Crippen LogP contribution in [0.2, 0.25) is 0 Å². The summed E-state index contributed by atoms with van der Waals surface area (Å²) in [4.78, 5) is 14.5. The number of rotatable bonds is 4. The van der Waals surface area contributed by atoms with Gasteiger partial charge < -0.3 is 19.5 Å². The number of carbonyl (C=O) groups is 1. The number of sulfone groups is 1. The van der Waals surface area contributed by atoms with Crippen LogP contribution in [0.25, 0.3) is 0 Å². The normalized spacial score (nSPS) is 23.1. The molecule has 0 saturated carbocycles. The van der Waals surface area contributed by atoms with Gasteiger partial charge in [0.15, 0.2) is 0 Å². The Morgan fingerprint density at radius 3 is 2.52 bits per heavy atom. The highest BCUT2D eigenvalue weighted by Gasteiger charge is 2.48. The van der Waals surface area contributed by atoms with Crippen LogP contribution in [0.5, 0.6) is 11.5 Å². The Kier molecular flexibility index (Phi) is 5.47. The van der Waals surface area contributed by atoms with Gasteiger partial charge in [-0.15, -0.1) is 0 Å². The summed E-state index contributed by atoms with van der Waals surface area (Å²) in [5, 5.41) is 11.2. The summed E-state index contributed by atoms with van der Waals surface area (Å²) in [5.41, 5.74) is -0.502. The molecule has 4 rings (SSSR count). The molecule has 2 aromatic carbocycles. The van der Waals surface area contributed by atoms with E-state index in [1.807, 2.05) is 0 Å². The Hall–Kier alpha value is -2.58. The smallest absolute Gasteiger partial charge is 0.223 e. The predicted molar refractivity (Wildman–Crippen MR) is 114 cm³/mol. The number of aliphatic hydroxyl groups excluding tert-OH is 1. The number of piperidine rings is 1. The number of aliphatic hydroxyl groups is 1. The van der Waals surface area contributed by atoms with Crippen LogP contribution in [0, 0.1) is 0 Å². The zero-order chi connectivity index (χ0) is 22.4. The Labute approximate surface area is 182 Å². The number of carbonyl (C=O) groups excluding carboxylic acids is 1. The van der Waals surface area contributed by atoms with E-state index in [1.165, 1.54) is 25.3 Å². The van der Waals surface area contributed by atoms with Gasteiger partial charge in [-0.1, -0.05) is 18.2 Å². The van der Waals surface area contributed by atoms with Crippen molar-refractivity contribution in [2.24, 2.45) is 0 Å². The summed E-state index contributed by atoms with van der Waals surface area (Å²) in [7, 11) is -2.49. The summed E-state index contributed by atoms with van der Waals surface area (Å²) in [5.74, 6) is 0.503. The molecule has 2 aliphatic rings. The number of amides is 1. The van der Waals surface area contributed by atoms with Crippen LogP contribution in [-0.2, 0) is 14.6 Å². The van der Waals surface area contributed by atoms with Crippen LogP contribution in [0.3, 0.4) is 0 Å². The van der Waals surface area contributed by atoms with Crippen LogP contribution < -0.4 is 9.47 Å². The molecular formula is C23H27NO6S. The van der Waals surface area contributed by atoms with Gasteiger partial charge in [-0.2, -0.15) is 0 Å². The summed E-state index contributed by atoms with van der Waals surface area (Å²) >= 11 is 0. The second kappa shape index (κ2) is 7.84. The van der Waals surface area contributed by atoms with Crippen molar-refractivity contribution in [1.82, 2.24) is 4.90 Å². The van der Waals surface area contributed by atoms with E-state index in [-0.39, 0.29) is 21.4 Å². The number of nitrogens with zero attached hydrogens (tertiary/aromatic N) is 1. The molecular weight excluding hydrogens is 418 g/mol. The van der Waals surface area contributed by atoms with E-state index in [4.69, 9.17) is 9.47 Å². The highest BCUT2D eigenvalue weighted by atomic mass is 32.2. The Morgan fingerprint density at radius 1 is 1.16 bits per heavy atom. The van der Waals surface area contributed by atoms with Crippen LogP contribution in [0.4, 0.5) is 0 Å². The molecule has 0 bridgehead atoms. The molecule has 166 valence electrons. The third kappa shape index (κ3) is 3.68. The molecule has 31 heavy (non-hydrogen) atoms. The van der Waals surface area contributed by atoms with Crippen molar-refractivity contribution in [3.05, 3.63) is 48.0 Å². The molecule has 0 radical (unpaired) electrons. The molecule has 0 aliphatic carbocycles. The molecule has 1 fully saturated rings. The molecule has 1 saturated heterocycles. The van der Waals surface area contributed by atoms with Gasteiger partial charge >= 0.3 is 0 Å².